The van der Waals surface area contributed by atoms with Crippen molar-refractivity contribution in [3.8, 4) is 5.75 Å². The third-order valence-electron chi connectivity index (χ3n) is 4.40. The highest BCUT2D eigenvalue weighted by molar-refractivity contribution is 6.03. The predicted octanol–water partition coefficient (Wildman–Crippen LogP) is 4.34. The summed E-state index contributed by atoms with van der Waals surface area (Å²) in [6, 6.07) is 18.6. The average molecular weight is 385 g/mol. The zero-order valence-corrected chi connectivity index (χ0v) is 16.0. The second-order valence-corrected chi connectivity index (χ2v) is 6.47. The largest absolute Gasteiger partial charge is 0.495 e. The van der Waals surface area contributed by atoms with E-state index in [0.29, 0.717) is 17.3 Å². The van der Waals surface area contributed by atoms with E-state index in [1.807, 2.05) is 55.5 Å². The van der Waals surface area contributed by atoms with Crippen LogP contribution in [0.2, 0.25) is 0 Å². The van der Waals surface area contributed by atoms with Crippen molar-refractivity contribution >= 4 is 34.0 Å². The van der Waals surface area contributed by atoms with Gasteiger partial charge < -0.3 is 15.4 Å². The second kappa shape index (κ2) is 7.93. The molecule has 29 heavy (non-hydrogen) atoms. The van der Waals surface area contributed by atoms with E-state index in [-0.39, 0.29) is 11.6 Å². The second-order valence-electron chi connectivity index (χ2n) is 6.47. The molecular formula is C22H19N5O2. The van der Waals surface area contributed by atoms with Crippen molar-refractivity contribution < 1.29 is 9.53 Å². The third-order valence-corrected chi connectivity index (χ3v) is 4.40. The number of ether oxygens (including phenoxy) is 1. The number of aromatic nitrogens is 3. The molecule has 0 aliphatic heterocycles. The summed E-state index contributed by atoms with van der Waals surface area (Å²) in [5, 5.41) is 15.2. The lowest BCUT2D eigenvalue weighted by atomic mass is 10.2. The van der Waals surface area contributed by atoms with E-state index < -0.39 is 0 Å². The topological polar surface area (TPSA) is 89.0 Å². The Morgan fingerprint density at radius 3 is 2.62 bits per heavy atom. The minimum atomic E-state index is -0.361. The lowest BCUT2D eigenvalue weighted by Crippen LogP contribution is -2.15. The van der Waals surface area contributed by atoms with Gasteiger partial charge in [-0.15, -0.1) is 10.2 Å². The van der Waals surface area contributed by atoms with Crippen LogP contribution < -0.4 is 15.4 Å². The number of nitrogens with zero attached hydrogens (tertiary/aromatic N) is 3. The zero-order valence-electron chi connectivity index (χ0n) is 16.0. The lowest BCUT2D eigenvalue weighted by molar-refractivity contribution is 0.102. The summed E-state index contributed by atoms with van der Waals surface area (Å²) in [6.45, 7) is 1.94. The number of hydrogen-bond acceptors (Lipinski definition) is 6. The van der Waals surface area contributed by atoms with E-state index >= 15 is 0 Å². The molecule has 0 atom stereocenters. The number of para-hydroxylation sites is 1. The number of anilines is 3. The van der Waals surface area contributed by atoms with Crippen LogP contribution in [-0.2, 0) is 0 Å². The van der Waals surface area contributed by atoms with E-state index in [2.05, 4.69) is 25.8 Å². The quantitative estimate of drug-likeness (QED) is 0.531. The Morgan fingerprint density at radius 2 is 1.83 bits per heavy atom. The summed E-state index contributed by atoms with van der Waals surface area (Å²) < 4.78 is 5.29. The monoisotopic (exact) mass is 385 g/mol. The van der Waals surface area contributed by atoms with Crippen molar-refractivity contribution in [2.75, 3.05) is 17.7 Å². The van der Waals surface area contributed by atoms with Gasteiger partial charge in [-0.25, -0.2) is 0 Å². The molecule has 1 amide bonds. The number of aryl methyl sites for hydroxylation is 1. The van der Waals surface area contributed by atoms with Crippen LogP contribution in [0.4, 0.5) is 17.2 Å². The van der Waals surface area contributed by atoms with Gasteiger partial charge >= 0.3 is 0 Å². The van der Waals surface area contributed by atoms with Gasteiger partial charge in [-0.05, 0) is 48.9 Å². The number of pyridine rings is 1. The van der Waals surface area contributed by atoms with Crippen molar-refractivity contribution in [1.29, 1.82) is 0 Å². The van der Waals surface area contributed by atoms with Gasteiger partial charge in [0.05, 0.1) is 24.0 Å². The van der Waals surface area contributed by atoms with Gasteiger partial charge in [0, 0.05) is 11.6 Å². The number of methoxy groups -OCH3 is 1. The summed E-state index contributed by atoms with van der Waals surface area (Å²) in [4.78, 5) is 16.9. The number of nitrogens with one attached hydrogen (secondary N) is 2. The maximum Gasteiger partial charge on any atom is 0.276 e. The fourth-order valence-corrected chi connectivity index (χ4v) is 2.97. The number of carbonyl (C=O) groups is 1. The molecule has 7 nitrogen and oxygen atoms in total. The molecule has 0 aliphatic rings. The van der Waals surface area contributed by atoms with Crippen molar-refractivity contribution in [2.45, 2.75) is 6.92 Å². The Kier molecular flexibility index (Phi) is 5.03. The summed E-state index contributed by atoms with van der Waals surface area (Å²) in [6.07, 6.45) is 1.74. The van der Waals surface area contributed by atoms with E-state index in [4.69, 9.17) is 4.74 Å². The van der Waals surface area contributed by atoms with Crippen LogP contribution >= 0.6 is 0 Å². The molecule has 0 saturated heterocycles. The van der Waals surface area contributed by atoms with Crippen molar-refractivity contribution in [3.63, 3.8) is 0 Å². The summed E-state index contributed by atoms with van der Waals surface area (Å²) in [5.74, 6) is 0.742. The first-order chi connectivity index (χ1) is 14.1. The lowest BCUT2D eigenvalue weighted by Gasteiger charge is -2.11. The molecule has 7 heteroatoms. The molecule has 0 aliphatic carbocycles. The zero-order chi connectivity index (χ0) is 20.2. The molecule has 0 radical (unpaired) electrons. The van der Waals surface area contributed by atoms with Gasteiger partial charge in [0.2, 0.25) is 0 Å². The first-order valence-corrected chi connectivity index (χ1v) is 9.04. The highest BCUT2D eigenvalue weighted by Gasteiger charge is 2.12. The molecule has 0 fully saturated rings. The van der Waals surface area contributed by atoms with Gasteiger partial charge in [-0.1, -0.05) is 24.3 Å². The molecule has 0 saturated carbocycles. The van der Waals surface area contributed by atoms with Gasteiger partial charge in [-0.2, -0.15) is 0 Å². The third kappa shape index (κ3) is 3.98. The van der Waals surface area contributed by atoms with Crippen LogP contribution in [-0.4, -0.2) is 28.2 Å². The first-order valence-electron chi connectivity index (χ1n) is 9.04. The Labute approximate surface area is 167 Å². The molecule has 0 bridgehead atoms. The molecule has 4 rings (SSSR count). The standard InChI is InChI=1S/C22H19N5O2/c1-14-8-10-19(29-2)18(13-14)25-22(28)17-9-11-20(27-26-17)24-16-7-3-5-15-6-4-12-23-21(15)16/h3-13H,1-2H3,(H,24,27)(H,25,28). The number of hydrogen-bond donors (Lipinski definition) is 2. The average Bonchev–Trinajstić information content (AvgIpc) is 2.75. The molecule has 2 aromatic carbocycles. The minimum Gasteiger partial charge on any atom is -0.495 e. The van der Waals surface area contributed by atoms with Crippen LogP contribution in [0.15, 0.2) is 66.9 Å². The smallest absolute Gasteiger partial charge is 0.276 e. The Bertz CT molecular complexity index is 1170. The fourth-order valence-electron chi connectivity index (χ4n) is 2.97. The van der Waals surface area contributed by atoms with Gasteiger partial charge in [0.25, 0.3) is 5.91 Å². The number of rotatable bonds is 5. The maximum absolute atomic E-state index is 12.5. The van der Waals surface area contributed by atoms with Gasteiger partial charge in [0.15, 0.2) is 11.5 Å². The van der Waals surface area contributed by atoms with Crippen LogP contribution in [0.5, 0.6) is 5.75 Å². The predicted molar refractivity (Wildman–Crippen MR) is 113 cm³/mol. The molecule has 0 spiro atoms. The Morgan fingerprint density at radius 1 is 0.966 bits per heavy atom. The molecule has 144 valence electrons. The number of amides is 1. The highest BCUT2D eigenvalue weighted by atomic mass is 16.5. The van der Waals surface area contributed by atoms with Crippen LogP contribution in [0, 0.1) is 6.92 Å². The van der Waals surface area contributed by atoms with E-state index in [0.717, 1.165) is 22.2 Å². The minimum absolute atomic E-state index is 0.204. The fraction of sp³-hybridized carbons (Fsp3) is 0.0909. The highest BCUT2D eigenvalue weighted by Crippen LogP contribution is 2.26. The Hall–Kier alpha value is -4.00. The molecule has 2 N–H and O–H groups in total. The number of benzene rings is 2. The van der Waals surface area contributed by atoms with Crippen molar-refractivity contribution in [1.82, 2.24) is 15.2 Å². The van der Waals surface area contributed by atoms with Gasteiger partial charge in [-0.3, -0.25) is 9.78 Å². The maximum atomic E-state index is 12.5. The SMILES string of the molecule is COc1ccc(C)cc1NC(=O)c1ccc(Nc2cccc3cccnc23)nn1. The molecular weight excluding hydrogens is 366 g/mol. The summed E-state index contributed by atoms with van der Waals surface area (Å²) in [7, 11) is 1.56. The molecule has 4 aromatic rings. The van der Waals surface area contributed by atoms with Crippen LogP contribution in [0.1, 0.15) is 16.1 Å². The molecule has 2 heterocycles. The number of carbonyl (C=O) groups excluding carboxylic acids is 1. The number of fused-ring (bicyclic) bond motifs is 1. The van der Waals surface area contributed by atoms with E-state index in [9.17, 15) is 4.79 Å². The van der Waals surface area contributed by atoms with Crippen LogP contribution in [0.3, 0.4) is 0 Å². The summed E-state index contributed by atoms with van der Waals surface area (Å²) >= 11 is 0. The van der Waals surface area contributed by atoms with E-state index in [1.165, 1.54) is 0 Å². The van der Waals surface area contributed by atoms with Crippen molar-refractivity contribution in [2.24, 2.45) is 0 Å². The molecule has 0 unspecified atom stereocenters. The first kappa shape index (κ1) is 18.4. The normalized spacial score (nSPS) is 10.6. The summed E-state index contributed by atoms with van der Waals surface area (Å²) in [5.41, 5.74) is 3.46. The van der Waals surface area contributed by atoms with Gasteiger partial charge in [0.1, 0.15) is 5.75 Å². The Balaban J connectivity index is 1.52. The molecule has 2 aromatic heterocycles. The van der Waals surface area contributed by atoms with E-state index in [1.54, 1.807) is 25.4 Å². The van der Waals surface area contributed by atoms with Crippen molar-refractivity contribution in [3.05, 3.63) is 78.1 Å². The van der Waals surface area contributed by atoms with Crippen LogP contribution in [0.25, 0.3) is 10.9 Å².